The van der Waals surface area contributed by atoms with Crippen molar-refractivity contribution in [2.24, 2.45) is 5.41 Å². The summed E-state index contributed by atoms with van der Waals surface area (Å²) in [7, 11) is 0. The molecule has 1 aliphatic carbocycles. The maximum absolute atomic E-state index is 13.7. The second-order valence-electron chi connectivity index (χ2n) is 9.49. The van der Waals surface area contributed by atoms with E-state index in [-0.39, 0.29) is 23.0 Å². The standard InChI is InChI=1S/C26H30BrN3O2S2/c1-6-16-10-17(25(34-16)33-7-2)22-21(24(32)30-20-9-8-15(27)13-28-20)14(3)29-18-11-26(4,5)12-19(31)23(18)22/h8-10,13,22,29H,6-7,11-12H2,1-5H3,(H,28,30,32)/t22-/m0/s1. The molecule has 180 valence electrons. The fourth-order valence-electron chi connectivity index (χ4n) is 4.74. The van der Waals surface area contributed by atoms with E-state index in [9.17, 15) is 9.59 Å². The monoisotopic (exact) mass is 559 g/mol. The molecule has 5 nitrogen and oxygen atoms in total. The second kappa shape index (κ2) is 9.99. The molecule has 0 radical (unpaired) electrons. The minimum absolute atomic E-state index is 0.112. The summed E-state index contributed by atoms with van der Waals surface area (Å²) in [6.45, 7) is 10.5. The summed E-state index contributed by atoms with van der Waals surface area (Å²) >= 11 is 6.94. The van der Waals surface area contributed by atoms with Crippen molar-refractivity contribution < 1.29 is 9.59 Å². The third kappa shape index (κ3) is 5.04. The van der Waals surface area contributed by atoms with Gasteiger partial charge in [0, 0.05) is 50.4 Å². The highest BCUT2D eigenvalue weighted by molar-refractivity contribution is 9.10. The van der Waals surface area contributed by atoms with Gasteiger partial charge < -0.3 is 10.6 Å². The van der Waals surface area contributed by atoms with Crippen LogP contribution < -0.4 is 10.6 Å². The Balaban J connectivity index is 1.85. The molecule has 2 N–H and O–H groups in total. The number of carbonyl (C=O) groups is 2. The number of hydrogen-bond donors (Lipinski definition) is 2. The lowest BCUT2D eigenvalue weighted by Gasteiger charge is -2.39. The molecule has 1 atom stereocenters. The highest BCUT2D eigenvalue weighted by atomic mass is 79.9. The van der Waals surface area contributed by atoms with Crippen molar-refractivity contribution in [3.63, 3.8) is 0 Å². The summed E-state index contributed by atoms with van der Waals surface area (Å²) < 4.78 is 2.03. The largest absolute Gasteiger partial charge is 0.362 e. The van der Waals surface area contributed by atoms with Crippen LogP contribution in [0, 0.1) is 5.41 Å². The fraction of sp³-hybridized carbons (Fsp3) is 0.423. The number of ketones is 1. The molecule has 0 saturated carbocycles. The van der Waals surface area contributed by atoms with E-state index in [1.165, 1.54) is 9.09 Å². The van der Waals surface area contributed by atoms with Crippen LogP contribution in [0.15, 0.2) is 55.6 Å². The molecule has 0 unspecified atom stereocenters. The van der Waals surface area contributed by atoms with Crippen molar-refractivity contribution in [1.29, 1.82) is 0 Å². The summed E-state index contributed by atoms with van der Waals surface area (Å²) in [6.07, 6.45) is 3.84. The number of allylic oxidation sites excluding steroid dienone is 3. The Bertz CT molecular complexity index is 1200. The Kier molecular flexibility index (Phi) is 7.41. The van der Waals surface area contributed by atoms with Crippen LogP contribution in [-0.4, -0.2) is 22.4 Å². The van der Waals surface area contributed by atoms with E-state index < -0.39 is 0 Å². The normalized spacial score (nSPS) is 19.7. The van der Waals surface area contributed by atoms with Gasteiger partial charge in [0.1, 0.15) is 5.82 Å². The molecular weight excluding hydrogens is 530 g/mol. The molecule has 1 aliphatic heterocycles. The number of Topliss-reactive ketones (excluding diaryl/α,β-unsaturated/α-hetero) is 1. The molecule has 2 aromatic heterocycles. The van der Waals surface area contributed by atoms with Crippen molar-refractivity contribution in [1.82, 2.24) is 10.3 Å². The van der Waals surface area contributed by atoms with Crippen molar-refractivity contribution in [3.05, 3.63) is 61.8 Å². The number of thioether (sulfide) groups is 1. The van der Waals surface area contributed by atoms with Gasteiger partial charge in [0.15, 0.2) is 5.78 Å². The maximum Gasteiger partial charge on any atom is 0.255 e. The molecule has 0 spiro atoms. The van der Waals surface area contributed by atoms with E-state index in [2.05, 4.69) is 65.3 Å². The first-order chi connectivity index (χ1) is 16.1. The zero-order valence-electron chi connectivity index (χ0n) is 20.2. The zero-order chi connectivity index (χ0) is 24.6. The summed E-state index contributed by atoms with van der Waals surface area (Å²) in [5, 5.41) is 6.41. The van der Waals surface area contributed by atoms with Crippen LogP contribution >= 0.6 is 39.0 Å². The van der Waals surface area contributed by atoms with Gasteiger partial charge >= 0.3 is 0 Å². The second-order valence-corrected chi connectivity index (χ2v) is 13.1. The van der Waals surface area contributed by atoms with Gasteiger partial charge in [0.2, 0.25) is 0 Å². The highest BCUT2D eigenvalue weighted by Gasteiger charge is 2.43. The van der Waals surface area contributed by atoms with E-state index >= 15 is 0 Å². The van der Waals surface area contributed by atoms with Gasteiger partial charge in [-0.15, -0.1) is 23.1 Å². The maximum atomic E-state index is 13.7. The van der Waals surface area contributed by atoms with E-state index in [4.69, 9.17) is 0 Å². The number of carbonyl (C=O) groups excluding carboxylic acids is 2. The average molecular weight is 561 g/mol. The minimum Gasteiger partial charge on any atom is -0.362 e. The van der Waals surface area contributed by atoms with Crippen molar-refractivity contribution in [2.75, 3.05) is 11.1 Å². The number of aryl methyl sites for hydroxylation is 1. The number of pyridine rings is 1. The van der Waals surface area contributed by atoms with Crippen LogP contribution in [0.5, 0.6) is 0 Å². The third-order valence-corrected chi connectivity index (χ3v) is 9.11. The highest BCUT2D eigenvalue weighted by Crippen LogP contribution is 2.50. The molecule has 0 saturated heterocycles. The van der Waals surface area contributed by atoms with Crippen molar-refractivity contribution in [3.8, 4) is 0 Å². The molecule has 1 amide bonds. The number of rotatable bonds is 6. The Labute approximate surface area is 218 Å². The van der Waals surface area contributed by atoms with Crippen LogP contribution in [-0.2, 0) is 16.0 Å². The number of amides is 1. The van der Waals surface area contributed by atoms with E-state index in [1.807, 2.05) is 13.0 Å². The molecule has 2 aliphatic rings. The summed E-state index contributed by atoms with van der Waals surface area (Å²) in [5.41, 5.74) is 4.05. The molecule has 0 bridgehead atoms. The topological polar surface area (TPSA) is 71.1 Å². The molecule has 8 heteroatoms. The number of hydrogen-bond acceptors (Lipinski definition) is 6. The number of aromatic nitrogens is 1. The fourth-order valence-corrected chi connectivity index (χ4v) is 7.35. The smallest absolute Gasteiger partial charge is 0.255 e. The predicted molar refractivity (Wildman–Crippen MR) is 144 cm³/mol. The molecule has 2 aromatic rings. The lowest BCUT2D eigenvalue weighted by Crippen LogP contribution is -2.39. The Morgan fingerprint density at radius 2 is 2.09 bits per heavy atom. The number of dihydropyridines is 1. The van der Waals surface area contributed by atoms with Crippen LogP contribution in [0.1, 0.15) is 63.8 Å². The Hall–Kier alpha value is -1.90. The number of anilines is 1. The number of halogens is 1. The minimum atomic E-state index is -0.388. The third-order valence-electron chi connectivity index (χ3n) is 6.16. The van der Waals surface area contributed by atoms with Gasteiger partial charge in [-0.05, 0) is 70.6 Å². The first kappa shape index (κ1) is 25.2. The van der Waals surface area contributed by atoms with E-state index in [1.54, 1.807) is 35.4 Å². The van der Waals surface area contributed by atoms with Gasteiger partial charge in [0.25, 0.3) is 5.91 Å². The van der Waals surface area contributed by atoms with Gasteiger partial charge in [-0.1, -0.05) is 27.7 Å². The Morgan fingerprint density at radius 3 is 2.74 bits per heavy atom. The van der Waals surface area contributed by atoms with Crippen LogP contribution in [0.4, 0.5) is 5.82 Å². The quantitative estimate of drug-likeness (QED) is 0.380. The number of thiophene rings is 1. The van der Waals surface area contributed by atoms with Crippen molar-refractivity contribution in [2.45, 2.75) is 64.0 Å². The zero-order valence-corrected chi connectivity index (χ0v) is 23.4. The lowest BCUT2D eigenvalue weighted by atomic mass is 9.69. The SMILES string of the molecule is CCSc1sc(CC)cc1[C@H]1C(C(=O)Nc2ccc(Br)cn2)=C(C)NC2=C1C(=O)CC(C)(C)C2. The summed E-state index contributed by atoms with van der Waals surface area (Å²) in [5.74, 6) is 0.916. The van der Waals surface area contributed by atoms with Gasteiger partial charge in [-0.2, -0.15) is 0 Å². The van der Waals surface area contributed by atoms with Gasteiger partial charge in [0.05, 0.1) is 4.21 Å². The molecule has 34 heavy (non-hydrogen) atoms. The lowest BCUT2D eigenvalue weighted by molar-refractivity contribution is -0.118. The average Bonchev–Trinajstić information content (AvgIpc) is 3.16. The summed E-state index contributed by atoms with van der Waals surface area (Å²) in [4.78, 5) is 32.9. The predicted octanol–water partition coefficient (Wildman–Crippen LogP) is 6.82. The van der Waals surface area contributed by atoms with Gasteiger partial charge in [-0.25, -0.2) is 4.98 Å². The van der Waals surface area contributed by atoms with E-state index in [0.717, 1.165) is 45.6 Å². The Morgan fingerprint density at radius 1 is 1.32 bits per heavy atom. The molecule has 3 heterocycles. The molecule has 0 aromatic carbocycles. The van der Waals surface area contributed by atoms with Gasteiger partial charge in [-0.3, -0.25) is 9.59 Å². The number of nitrogens with one attached hydrogen (secondary N) is 2. The first-order valence-electron chi connectivity index (χ1n) is 11.6. The van der Waals surface area contributed by atoms with Crippen LogP contribution in [0.3, 0.4) is 0 Å². The first-order valence-corrected chi connectivity index (χ1v) is 14.1. The molecular formula is C26H30BrN3O2S2. The molecule has 4 rings (SSSR count). The molecule has 0 fully saturated rings. The van der Waals surface area contributed by atoms with E-state index in [0.29, 0.717) is 17.8 Å². The summed E-state index contributed by atoms with van der Waals surface area (Å²) in [6, 6.07) is 5.81. The van der Waals surface area contributed by atoms with Crippen LogP contribution in [0.25, 0.3) is 0 Å². The van der Waals surface area contributed by atoms with Crippen LogP contribution in [0.2, 0.25) is 0 Å². The van der Waals surface area contributed by atoms with Crippen molar-refractivity contribution >= 4 is 56.5 Å². The number of nitrogens with zero attached hydrogens (tertiary/aromatic N) is 1.